The molecule has 0 aliphatic heterocycles. The number of hydrogen-bond acceptors (Lipinski definition) is 4. The maximum atomic E-state index is 11.9. The predicted molar refractivity (Wildman–Crippen MR) is 65.8 cm³/mol. The third-order valence-corrected chi connectivity index (χ3v) is 2.53. The van der Waals surface area contributed by atoms with Crippen LogP contribution in [0, 0.1) is 0 Å². The molecule has 0 aliphatic carbocycles. The van der Waals surface area contributed by atoms with Crippen molar-refractivity contribution in [3.8, 4) is 0 Å². The minimum atomic E-state index is -1.17. The number of nitrogens with zero attached hydrogens (tertiary/aromatic N) is 2. The molecule has 0 radical (unpaired) electrons. The number of nitrogens with one attached hydrogen (secondary N) is 2. The summed E-state index contributed by atoms with van der Waals surface area (Å²) in [5, 5.41) is 11.6. The van der Waals surface area contributed by atoms with Gasteiger partial charge in [0.05, 0.1) is 17.5 Å². The second-order valence-electron chi connectivity index (χ2n) is 3.81. The summed E-state index contributed by atoms with van der Waals surface area (Å²) in [6.45, 7) is 0.391. The number of aromatic carboxylic acids is 1. The average molecular weight is 260 g/mol. The van der Waals surface area contributed by atoms with Gasteiger partial charge in [-0.2, -0.15) is 0 Å². The third kappa shape index (κ3) is 3.15. The van der Waals surface area contributed by atoms with E-state index < -0.39 is 11.9 Å². The summed E-state index contributed by atoms with van der Waals surface area (Å²) in [6, 6.07) is 1.38. The number of carbonyl (C=O) groups is 2. The normalized spacial score (nSPS) is 10.1. The van der Waals surface area contributed by atoms with Crippen molar-refractivity contribution in [1.82, 2.24) is 20.3 Å². The second kappa shape index (κ2) is 5.76. The first-order valence-electron chi connectivity index (χ1n) is 5.61. The molecule has 0 aromatic carbocycles. The molecule has 0 unspecified atom stereocenters. The van der Waals surface area contributed by atoms with Crippen molar-refractivity contribution in [2.45, 2.75) is 6.42 Å². The van der Waals surface area contributed by atoms with E-state index in [1.165, 1.54) is 12.3 Å². The quantitative estimate of drug-likeness (QED) is 0.724. The summed E-state index contributed by atoms with van der Waals surface area (Å²) >= 11 is 0. The number of hydrogen-bond donors (Lipinski definition) is 3. The van der Waals surface area contributed by atoms with Crippen molar-refractivity contribution < 1.29 is 14.7 Å². The summed E-state index contributed by atoms with van der Waals surface area (Å²) in [5.41, 5.74) is 0.891. The lowest BCUT2D eigenvalue weighted by Crippen LogP contribution is -2.27. The third-order valence-electron chi connectivity index (χ3n) is 2.53. The Morgan fingerprint density at radius 1 is 1.26 bits per heavy atom. The number of carbonyl (C=O) groups excluding carboxylic acids is 1. The van der Waals surface area contributed by atoms with Crippen molar-refractivity contribution >= 4 is 11.9 Å². The van der Waals surface area contributed by atoms with Gasteiger partial charge in [-0.25, -0.2) is 9.78 Å². The van der Waals surface area contributed by atoms with Crippen LogP contribution in [0.4, 0.5) is 0 Å². The molecular formula is C12H12N4O3. The van der Waals surface area contributed by atoms with Gasteiger partial charge in [0.15, 0.2) is 0 Å². The van der Waals surface area contributed by atoms with Crippen LogP contribution in [0.2, 0.25) is 0 Å². The molecular weight excluding hydrogens is 248 g/mol. The first-order chi connectivity index (χ1) is 9.18. The van der Waals surface area contributed by atoms with E-state index in [1.54, 1.807) is 12.5 Å². The number of imidazole rings is 1. The van der Waals surface area contributed by atoms with Gasteiger partial charge in [-0.05, 0) is 6.07 Å². The Kier molecular flexibility index (Phi) is 3.87. The molecule has 0 bridgehead atoms. The van der Waals surface area contributed by atoms with E-state index in [0.29, 0.717) is 13.0 Å². The maximum absolute atomic E-state index is 11.9. The van der Waals surface area contributed by atoms with Crippen LogP contribution in [-0.4, -0.2) is 38.5 Å². The van der Waals surface area contributed by atoms with E-state index in [4.69, 9.17) is 5.11 Å². The monoisotopic (exact) mass is 260 g/mol. The Labute approximate surface area is 108 Å². The number of aromatic amines is 1. The highest BCUT2D eigenvalue weighted by Gasteiger charge is 2.15. The van der Waals surface area contributed by atoms with Gasteiger partial charge in [0, 0.05) is 37.3 Å². The lowest BCUT2D eigenvalue weighted by Gasteiger charge is -2.06. The van der Waals surface area contributed by atoms with Gasteiger partial charge in [-0.3, -0.25) is 9.78 Å². The predicted octanol–water partition coefficient (Wildman–Crippen LogP) is 0.475. The first-order valence-corrected chi connectivity index (χ1v) is 5.61. The van der Waals surface area contributed by atoms with Crippen LogP contribution in [0.3, 0.4) is 0 Å². The van der Waals surface area contributed by atoms with Crippen molar-refractivity contribution in [2.75, 3.05) is 6.54 Å². The molecule has 98 valence electrons. The molecule has 0 spiro atoms. The van der Waals surface area contributed by atoms with Crippen LogP contribution in [0.15, 0.2) is 31.0 Å². The first kappa shape index (κ1) is 12.7. The molecule has 0 aliphatic rings. The zero-order chi connectivity index (χ0) is 13.7. The molecule has 19 heavy (non-hydrogen) atoms. The number of carboxylic acid groups (broad SMARTS) is 1. The highest BCUT2D eigenvalue weighted by molar-refractivity contribution is 6.04. The van der Waals surface area contributed by atoms with E-state index in [0.717, 1.165) is 11.9 Å². The molecule has 7 heteroatoms. The van der Waals surface area contributed by atoms with E-state index in [-0.39, 0.29) is 11.1 Å². The summed E-state index contributed by atoms with van der Waals surface area (Å²) in [5.74, 6) is -1.61. The molecule has 0 fully saturated rings. The number of carboxylic acids is 1. The topological polar surface area (TPSA) is 108 Å². The minimum Gasteiger partial charge on any atom is -0.478 e. The Bertz CT molecular complexity index is 580. The molecule has 2 heterocycles. The van der Waals surface area contributed by atoms with E-state index >= 15 is 0 Å². The van der Waals surface area contributed by atoms with Crippen LogP contribution in [-0.2, 0) is 6.42 Å². The molecule has 0 saturated carbocycles. The highest BCUT2D eigenvalue weighted by Crippen LogP contribution is 2.06. The van der Waals surface area contributed by atoms with Crippen LogP contribution in [0.25, 0.3) is 0 Å². The van der Waals surface area contributed by atoms with Gasteiger partial charge in [0.2, 0.25) is 0 Å². The molecule has 0 atom stereocenters. The molecule has 0 saturated heterocycles. The Morgan fingerprint density at radius 3 is 2.79 bits per heavy atom. The van der Waals surface area contributed by atoms with Gasteiger partial charge < -0.3 is 15.4 Å². The van der Waals surface area contributed by atoms with Crippen LogP contribution < -0.4 is 5.32 Å². The van der Waals surface area contributed by atoms with Gasteiger partial charge >= 0.3 is 5.97 Å². The molecule has 2 rings (SSSR count). The molecule has 3 N–H and O–H groups in total. The van der Waals surface area contributed by atoms with Crippen molar-refractivity contribution in [2.24, 2.45) is 0 Å². The van der Waals surface area contributed by atoms with Crippen LogP contribution in [0.1, 0.15) is 26.4 Å². The van der Waals surface area contributed by atoms with Gasteiger partial charge in [-0.15, -0.1) is 0 Å². The largest absolute Gasteiger partial charge is 0.478 e. The van der Waals surface area contributed by atoms with Crippen LogP contribution in [0.5, 0.6) is 0 Å². The SMILES string of the molecule is O=C(O)c1cnccc1C(=O)NCCc1cnc[nH]1. The van der Waals surface area contributed by atoms with Gasteiger partial charge in [0.1, 0.15) is 0 Å². The number of aromatic nitrogens is 3. The molecule has 2 aromatic heterocycles. The number of amides is 1. The lowest BCUT2D eigenvalue weighted by atomic mass is 10.1. The number of H-pyrrole nitrogens is 1. The average Bonchev–Trinajstić information content (AvgIpc) is 2.91. The van der Waals surface area contributed by atoms with E-state index in [1.807, 2.05) is 0 Å². The summed E-state index contributed by atoms with van der Waals surface area (Å²) < 4.78 is 0. The van der Waals surface area contributed by atoms with Crippen molar-refractivity contribution in [3.63, 3.8) is 0 Å². The Hall–Kier alpha value is -2.70. The number of pyridine rings is 1. The summed E-state index contributed by atoms with van der Waals surface area (Å²) in [6.07, 6.45) is 6.37. The fourth-order valence-corrected chi connectivity index (χ4v) is 1.59. The van der Waals surface area contributed by atoms with Gasteiger partial charge in [-0.1, -0.05) is 0 Å². The van der Waals surface area contributed by atoms with E-state index in [9.17, 15) is 9.59 Å². The Morgan fingerprint density at radius 2 is 2.11 bits per heavy atom. The number of rotatable bonds is 5. The smallest absolute Gasteiger partial charge is 0.338 e. The minimum absolute atomic E-state index is 0.104. The standard InChI is InChI=1S/C12H12N4O3/c17-11(15-4-1-8-5-14-7-16-8)9-2-3-13-6-10(9)12(18)19/h2-3,5-7H,1,4H2,(H,14,16)(H,15,17)(H,18,19). The maximum Gasteiger partial charge on any atom is 0.338 e. The molecule has 2 aromatic rings. The summed E-state index contributed by atoms with van der Waals surface area (Å²) in [4.78, 5) is 33.3. The summed E-state index contributed by atoms with van der Waals surface area (Å²) in [7, 11) is 0. The zero-order valence-electron chi connectivity index (χ0n) is 9.96. The van der Waals surface area contributed by atoms with Crippen LogP contribution >= 0.6 is 0 Å². The van der Waals surface area contributed by atoms with Crippen molar-refractivity contribution in [1.29, 1.82) is 0 Å². The molecule has 7 nitrogen and oxygen atoms in total. The second-order valence-corrected chi connectivity index (χ2v) is 3.81. The lowest BCUT2D eigenvalue weighted by molar-refractivity contribution is 0.0690. The van der Waals surface area contributed by atoms with Gasteiger partial charge in [0.25, 0.3) is 5.91 Å². The fourth-order valence-electron chi connectivity index (χ4n) is 1.59. The molecule has 1 amide bonds. The fraction of sp³-hybridized carbons (Fsp3) is 0.167. The highest BCUT2D eigenvalue weighted by atomic mass is 16.4. The van der Waals surface area contributed by atoms with Crippen molar-refractivity contribution in [3.05, 3.63) is 47.8 Å². The zero-order valence-corrected chi connectivity index (χ0v) is 9.96. The van der Waals surface area contributed by atoms with E-state index in [2.05, 4.69) is 20.3 Å². The Balaban J connectivity index is 1.98.